The topological polar surface area (TPSA) is 68.0 Å². The quantitative estimate of drug-likeness (QED) is 0.721. The monoisotopic (exact) mass is 381 g/mol. The van der Waals surface area contributed by atoms with Crippen molar-refractivity contribution < 1.29 is 4.79 Å². The molecule has 3 N–H and O–H groups in total. The summed E-state index contributed by atoms with van der Waals surface area (Å²) in [5.41, 5.74) is 9.38. The average molecular weight is 382 g/mol. The number of nitrogen functional groups attached to an aromatic ring is 1. The molecule has 21 heavy (non-hydrogen) atoms. The van der Waals surface area contributed by atoms with Gasteiger partial charge in [0.1, 0.15) is 4.88 Å². The number of halogens is 1. The van der Waals surface area contributed by atoms with E-state index in [1.165, 1.54) is 22.7 Å². The van der Waals surface area contributed by atoms with E-state index in [1.54, 1.807) is 5.51 Å². The predicted molar refractivity (Wildman–Crippen MR) is 92.0 cm³/mol. The first-order valence-corrected chi connectivity index (χ1v) is 8.70. The molecule has 0 unspecified atom stereocenters. The van der Waals surface area contributed by atoms with Crippen LogP contribution in [-0.4, -0.2) is 10.9 Å². The van der Waals surface area contributed by atoms with E-state index in [-0.39, 0.29) is 5.91 Å². The number of hydrogen-bond acceptors (Lipinski definition) is 5. The van der Waals surface area contributed by atoms with Crippen molar-refractivity contribution in [3.63, 3.8) is 0 Å². The maximum Gasteiger partial charge on any atom is 0.263 e. The molecule has 4 nitrogen and oxygen atoms in total. The van der Waals surface area contributed by atoms with Gasteiger partial charge in [-0.15, -0.1) is 22.7 Å². The largest absolute Gasteiger partial charge is 0.397 e. The molecule has 108 valence electrons. The van der Waals surface area contributed by atoms with Crippen molar-refractivity contribution in [2.45, 2.75) is 13.5 Å². The second-order valence-electron chi connectivity index (χ2n) is 4.53. The van der Waals surface area contributed by atoms with Crippen LogP contribution in [0.1, 0.15) is 20.2 Å². The fourth-order valence-corrected chi connectivity index (χ4v) is 4.09. The average Bonchev–Trinajstić information content (AvgIpc) is 3.01. The number of carbonyl (C=O) groups is 1. The van der Waals surface area contributed by atoms with Gasteiger partial charge in [0.05, 0.1) is 23.4 Å². The highest BCUT2D eigenvalue weighted by atomic mass is 79.9. The molecular formula is C14H12BrN3OS2. The number of anilines is 1. The number of amides is 1. The third kappa shape index (κ3) is 2.81. The van der Waals surface area contributed by atoms with Crippen LogP contribution in [0.2, 0.25) is 0 Å². The molecule has 2 heterocycles. The molecule has 0 fully saturated rings. The maximum absolute atomic E-state index is 12.3. The summed E-state index contributed by atoms with van der Waals surface area (Å²) in [5.74, 6) is -0.141. The first-order chi connectivity index (χ1) is 10.1. The molecule has 0 saturated carbocycles. The Morgan fingerprint density at radius 2 is 2.29 bits per heavy atom. The molecule has 0 saturated heterocycles. The zero-order valence-corrected chi connectivity index (χ0v) is 14.4. The van der Waals surface area contributed by atoms with Gasteiger partial charge in [-0.25, -0.2) is 4.98 Å². The Morgan fingerprint density at radius 1 is 1.48 bits per heavy atom. The molecule has 3 aromatic rings. The van der Waals surface area contributed by atoms with Crippen LogP contribution in [0.15, 0.2) is 28.2 Å². The van der Waals surface area contributed by atoms with Gasteiger partial charge in [0.2, 0.25) is 0 Å². The molecule has 2 aromatic heterocycles. The van der Waals surface area contributed by atoms with Gasteiger partial charge in [-0.2, -0.15) is 0 Å². The SMILES string of the molecule is Cc1ncsc1CNC(=O)c1sc2ccc(Br)cc2c1N. The van der Waals surface area contributed by atoms with Crippen molar-refractivity contribution >= 4 is 60.3 Å². The van der Waals surface area contributed by atoms with Crippen molar-refractivity contribution in [1.82, 2.24) is 10.3 Å². The Bertz CT molecular complexity index is 825. The van der Waals surface area contributed by atoms with Crippen molar-refractivity contribution in [3.8, 4) is 0 Å². The molecule has 0 aliphatic rings. The van der Waals surface area contributed by atoms with E-state index in [4.69, 9.17) is 5.73 Å². The van der Waals surface area contributed by atoms with Crippen LogP contribution in [0.4, 0.5) is 5.69 Å². The van der Waals surface area contributed by atoms with Gasteiger partial charge in [-0.05, 0) is 25.1 Å². The molecule has 7 heteroatoms. The van der Waals surface area contributed by atoms with Gasteiger partial charge >= 0.3 is 0 Å². The molecule has 0 spiro atoms. The summed E-state index contributed by atoms with van der Waals surface area (Å²) in [4.78, 5) is 18.1. The van der Waals surface area contributed by atoms with Crippen molar-refractivity contribution in [2.24, 2.45) is 0 Å². The number of nitrogens with zero attached hydrogens (tertiary/aromatic N) is 1. The van der Waals surface area contributed by atoms with Crippen LogP contribution in [0, 0.1) is 6.92 Å². The van der Waals surface area contributed by atoms with E-state index in [0.29, 0.717) is 17.1 Å². The summed E-state index contributed by atoms with van der Waals surface area (Å²) in [7, 11) is 0. The number of aryl methyl sites for hydroxylation is 1. The Kier molecular flexibility index (Phi) is 3.97. The Hall–Kier alpha value is -1.44. The molecule has 0 radical (unpaired) electrons. The fourth-order valence-electron chi connectivity index (χ4n) is 1.99. The van der Waals surface area contributed by atoms with Crippen LogP contribution >= 0.6 is 38.6 Å². The number of nitrogens with one attached hydrogen (secondary N) is 1. The lowest BCUT2D eigenvalue weighted by Crippen LogP contribution is -2.22. The van der Waals surface area contributed by atoms with Gasteiger partial charge in [0, 0.05) is 19.4 Å². The van der Waals surface area contributed by atoms with E-state index >= 15 is 0 Å². The molecular weight excluding hydrogens is 370 g/mol. The van der Waals surface area contributed by atoms with Gasteiger partial charge in [0.15, 0.2) is 0 Å². The summed E-state index contributed by atoms with van der Waals surface area (Å²) in [6.45, 7) is 2.41. The van der Waals surface area contributed by atoms with Gasteiger partial charge in [-0.3, -0.25) is 4.79 Å². The van der Waals surface area contributed by atoms with Crippen LogP contribution in [-0.2, 0) is 6.54 Å². The lowest BCUT2D eigenvalue weighted by Gasteiger charge is -2.03. The lowest BCUT2D eigenvalue weighted by molar-refractivity contribution is 0.0956. The highest BCUT2D eigenvalue weighted by molar-refractivity contribution is 9.10. The van der Waals surface area contributed by atoms with Crippen LogP contribution in [0.25, 0.3) is 10.1 Å². The van der Waals surface area contributed by atoms with Crippen LogP contribution in [0.5, 0.6) is 0 Å². The number of fused-ring (bicyclic) bond motifs is 1. The number of carbonyl (C=O) groups excluding carboxylic acids is 1. The predicted octanol–water partition coefficient (Wildman–Crippen LogP) is 3.94. The maximum atomic E-state index is 12.3. The van der Waals surface area contributed by atoms with E-state index in [2.05, 4.69) is 26.2 Å². The van der Waals surface area contributed by atoms with Gasteiger partial charge < -0.3 is 11.1 Å². The van der Waals surface area contributed by atoms with Crippen molar-refractivity contribution in [2.75, 3.05) is 5.73 Å². The first kappa shape index (κ1) is 14.5. The Labute approximate surface area is 138 Å². The zero-order chi connectivity index (χ0) is 15.0. The minimum atomic E-state index is -0.141. The van der Waals surface area contributed by atoms with E-state index in [1.807, 2.05) is 25.1 Å². The number of thiophene rings is 1. The summed E-state index contributed by atoms with van der Waals surface area (Å²) in [5, 5.41) is 3.82. The Morgan fingerprint density at radius 3 is 3.00 bits per heavy atom. The molecule has 1 amide bonds. The third-order valence-electron chi connectivity index (χ3n) is 3.15. The molecule has 0 aliphatic carbocycles. The third-order valence-corrected chi connectivity index (χ3v) is 5.76. The number of thiazole rings is 1. The number of aromatic nitrogens is 1. The first-order valence-electron chi connectivity index (χ1n) is 6.21. The number of benzene rings is 1. The smallest absolute Gasteiger partial charge is 0.263 e. The van der Waals surface area contributed by atoms with E-state index in [0.717, 1.165) is 25.1 Å². The summed E-state index contributed by atoms with van der Waals surface area (Å²) < 4.78 is 1.96. The highest BCUT2D eigenvalue weighted by Gasteiger charge is 2.16. The number of rotatable bonds is 3. The van der Waals surface area contributed by atoms with E-state index in [9.17, 15) is 4.79 Å². The standard InChI is InChI=1S/C14H12BrN3OS2/c1-7-11(20-6-18-7)5-17-14(19)13-12(16)9-4-8(15)2-3-10(9)21-13/h2-4,6H,5,16H2,1H3,(H,17,19). The Balaban J connectivity index is 1.84. The summed E-state index contributed by atoms with van der Waals surface area (Å²) in [6, 6.07) is 5.84. The summed E-state index contributed by atoms with van der Waals surface area (Å²) >= 11 is 6.37. The lowest BCUT2D eigenvalue weighted by atomic mass is 10.2. The normalized spacial score (nSPS) is 11.0. The minimum absolute atomic E-state index is 0.141. The van der Waals surface area contributed by atoms with Crippen molar-refractivity contribution in [3.05, 3.63) is 43.6 Å². The van der Waals surface area contributed by atoms with E-state index < -0.39 is 0 Å². The fraction of sp³-hybridized carbons (Fsp3) is 0.143. The number of hydrogen-bond donors (Lipinski definition) is 2. The minimum Gasteiger partial charge on any atom is -0.397 e. The number of nitrogens with two attached hydrogens (primary N) is 1. The van der Waals surface area contributed by atoms with Crippen LogP contribution in [0.3, 0.4) is 0 Å². The molecule has 3 rings (SSSR count). The summed E-state index contributed by atoms with van der Waals surface area (Å²) in [6.07, 6.45) is 0. The molecule has 0 aliphatic heterocycles. The molecule has 0 bridgehead atoms. The van der Waals surface area contributed by atoms with Crippen molar-refractivity contribution in [1.29, 1.82) is 0 Å². The van der Waals surface area contributed by atoms with Gasteiger partial charge in [0.25, 0.3) is 5.91 Å². The second kappa shape index (κ2) is 5.75. The van der Waals surface area contributed by atoms with Gasteiger partial charge in [-0.1, -0.05) is 15.9 Å². The second-order valence-corrected chi connectivity index (χ2v) is 7.44. The molecule has 1 aromatic carbocycles. The van der Waals surface area contributed by atoms with Crippen LogP contribution < -0.4 is 11.1 Å². The molecule has 0 atom stereocenters. The highest BCUT2D eigenvalue weighted by Crippen LogP contribution is 2.35. The zero-order valence-electron chi connectivity index (χ0n) is 11.1.